The second kappa shape index (κ2) is 7.31. The standard InChI is InChI=1S/C19H22N2O4/c1-5-10-21-12-13(14-8-6-7-9-16(14)21)11-15(17(22)23)20-18(24)25-19(2,3)4/h1,6-9,12,15H,10-11H2,2-4H3,(H,20,24)(H,22,23)/t15-/m1/s1. The van der Waals surface area contributed by atoms with Crippen molar-refractivity contribution in [1.82, 2.24) is 9.88 Å². The number of nitrogens with one attached hydrogen (secondary N) is 1. The zero-order valence-corrected chi connectivity index (χ0v) is 14.6. The monoisotopic (exact) mass is 342 g/mol. The summed E-state index contributed by atoms with van der Waals surface area (Å²) in [5.74, 6) is 1.46. The van der Waals surface area contributed by atoms with Crippen molar-refractivity contribution in [2.24, 2.45) is 0 Å². The number of fused-ring (bicyclic) bond motifs is 1. The van der Waals surface area contributed by atoms with Crippen molar-refractivity contribution < 1.29 is 19.4 Å². The topological polar surface area (TPSA) is 80.6 Å². The summed E-state index contributed by atoms with van der Waals surface area (Å²) >= 11 is 0. The van der Waals surface area contributed by atoms with E-state index < -0.39 is 23.7 Å². The molecular weight excluding hydrogens is 320 g/mol. The number of alkyl carbamates (subject to hydrolysis) is 1. The molecule has 0 unspecified atom stereocenters. The van der Waals surface area contributed by atoms with Gasteiger partial charge in [0.15, 0.2) is 0 Å². The number of terminal acetylenes is 1. The first-order valence-corrected chi connectivity index (χ1v) is 7.94. The van der Waals surface area contributed by atoms with Crippen molar-refractivity contribution in [2.75, 3.05) is 0 Å². The molecule has 0 saturated carbocycles. The average molecular weight is 342 g/mol. The van der Waals surface area contributed by atoms with Crippen molar-refractivity contribution in [2.45, 2.75) is 45.4 Å². The van der Waals surface area contributed by atoms with E-state index in [-0.39, 0.29) is 6.42 Å². The molecule has 0 bridgehead atoms. The number of aromatic nitrogens is 1. The Morgan fingerprint density at radius 3 is 2.64 bits per heavy atom. The highest BCUT2D eigenvalue weighted by Crippen LogP contribution is 2.22. The molecule has 6 nitrogen and oxygen atoms in total. The molecule has 1 amide bonds. The largest absolute Gasteiger partial charge is 0.480 e. The van der Waals surface area contributed by atoms with E-state index in [9.17, 15) is 14.7 Å². The molecule has 0 radical (unpaired) electrons. The predicted octanol–water partition coefficient (Wildman–Crippen LogP) is 2.79. The lowest BCUT2D eigenvalue weighted by molar-refractivity contribution is -0.139. The Bertz CT molecular complexity index is 824. The number of carboxylic acid groups (broad SMARTS) is 1. The van der Waals surface area contributed by atoms with Crippen LogP contribution >= 0.6 is 0 Å². The van der Waals surface area contributed by atoms with E-state index in [1.165, 1.54) is 0 Å². The molecule has 0 saturated heterocycles. The van der Waals surface area contributed by atoms with Crippen LogP contribution in [0.15, 0.2) is 30.5 Å². The normalized spacial score (nSPS) is 12.4. The van der Waals surface area contributed by atoms with Gasteiger partial charge < -0.3 is 19.7 Å². The van der Waals surface area contributed by atoms with Gasteiger partial charge >= 0.3 is 12.1 Å². The molecule has 1 atom stereocenters. The number of para-hydroxylation sites is 1. The lowest BCUT2D eigenvalue weighted by Gasteiger charge is -2.22. The zero-order chi connectivity index (χ0) is 18.6. The minimum atomic E-state index is -1.13. The molecular formula is C19H22N2O4. The maximum atomic E-state index is 11.9. The molecule has 0 aliphatic heterocycles. The first-order chi connectivity index (χ1) is 11.7. The lowest BCUT2D eigenvalue weighted by atomic mass is 10.1. The van der Waals surface area contributed by atoms with Crippen LogP contribution in [0, 0.1) is 12.3 Å². The number of rotatable bonds is 5. The fourth-order valence-electron chi connectivity index (χ4n) is 2.58. The highest BCUT2D eigenvalue weighted by Gasteiger charge is 2.25. The number of amides is 1. The number of ether oxygens (including phenoxy) is 1. The Kier molecular flexibility index (Phi) is 5.38. The minimum Gasteiger partial charge on any atom is -0.480 e. The third-order valence-electron chi connectivity index (χ3n) is 3.55. The molecule has 2 rings (SSSR count). The smallest absolute Gasteiger partial charge is 0.408 e. The number of benzene rings is 1. The van der Waals surface area contributed by atoms with Gasteiger partial charge in [-0.1, -0.05) is 24.1 Å². The second-order valence-corrected chi connectivity index (χ2v) is 6.74. The third-order valence-corrected chi connectivity index (χ3v) is 3.55. The first kappa shape index (κ1) is 18.4. The molecule has 1 aromatic carbocycles. The fourth-order valence-corrected chi connectivity index (χ4v) is 2.58. The Balaban J connectivity index is 2.26. The number of carboxylic acids is 1. The number of nitrogens with zero attached hydrogens (tertiary/aromatic N) is 1. The molecule has 2 N–H and O–H groups in total. The van der Waals surface area contributed by atoms with E-state index in [0.29, 0.717) is 6.54 Å². The van der Waals surface area contributed by atoms with Gasteiger partial charge in [0, 0.05) is 23.5 Å². The van der Waals surface area contributed by atoms with Gasteiger partial charge in [-0.05, 0) is 32.4 Å². The van der Waals surface area contributed by atoms with Crippen molar-refractivity contribution in [3.8, 4) is 12.3 Å². The van der Waals surface area contributed by atoms with Crippen molar-refractivity contribution >= 4 is 23.0 Å². The summed E-state index contributed by atoms with van der Waals surface area (Å²) in [5, 5.41) is 12.8. The van der Waals surface area contributed by atoms with Gasteiger partial charge in [-0.3, -0.25) is 0 Å². The summed E-state index contributed by atoms with van der Waals surface area (Å²) in [6.07, 6.45) is 6.60. The second-order valence-electron chi connectivity index (χ2n) is 6.74. The Labute approximate surface area is 146 Å². The summed E-state index contributed by atoms with van der Waals surface area (Å²) in [5.41, 5.74) is 1.03. The summed E-state index contributed by atoms with van der Waals surface area (Å²) in [6, 6.07) is 6.51. The van der Waals surface area contributed by atoms with Crippen LogP contribution in [0.5, 0.6) is 0 Å². The Morgan fingerprint density at radius 2 is 2.04 bits per heavy atom. The van der Waals surface area contributed by atoms with Crippen LogP contribution in [-0.4, -0.2) is 33.4 Å². The van der Waals surface area contributed by atoms with Gasteiger partial charge in [-0.2, -0.15) is 0 Å². The number of aliphatic carboxylic acids is 1. The molecule has 6 heteroatoms. The number of carbonyl (C=O) groups excluding carboxylic acids is 1. The van der Waals surface area contributed by atoms with Gasteiger partial charge in [-0.25, -0.2) is 9.59 Å². The highest BCUT2D eigenvalue weighted by molar-refractivity contribution is 5.86. The molecule has 1 heterocycles. The molecule has 25 heavy (non-hydrogen) atoms. The predicted molar refractivity (Wildman–Crippen MR) is 95.3 cm³/mol. The van der Waals surface area contributed by atoms with Crippen molar-refractivity contribution in [3.63, 3.8) is 0 Å². The van der Waals surface area contributed by atoms with E-state index >= 15 is 0 Å². The van der Waals surface area contributed by atoms with Crippen LogP contribution in [0.1, 0.15) is 26.3 Å². The highest BCUT2D eigenvalue weighted by atomic mass is 16.6. The van der Waals surface area contributed by atoms with Crippen LogP contribution in [0.3, 0.4) is 0 Å². The van der Waals surface area contributed by atoms with Crippen molar-refractivity contribution in [1.29, 1.82) is 0 Å². The summed E-state index contributed by atoms with van der Waals surface area (Å²) < 4.78 is 7.03. The Hall–Kier alpha value is -2.94. The van der Waals surface area contributed by atoms with Gasteiger partial charge in [0.1, 0.15) is 11.6 Å². The molecule has 0 aliphatic rings. The zero-order valence-electron chi connectivity index (χ0n) is 14.6. The summed E-state index contributed by atoms with van der Waals surface area (Å²) in [6.45, 7) is 5.54. The third kappa shape index (κ3) is 4.77. The van der Waals surface area contributed by atoms with Gasteiger partial charge in [0.2, 0.25) is 0 Å². The van der Waals surface area contributed by atoms with E-state index in [4.69, 9.17) is 11.2 Å². The van der Waals surface area contributed by atoms with Crippen LogP contribution in [0.25, 0.3) is 10.9 Å². The lowest BCUT2D eigenvalue weighted by Crippen LogP contribution is -2.44. The molecule has 0 aliphatic carbocycles. The average Bonchev–Trinajstić information content (AvgIpc) is 2.83. The molecule has 2 aromatic rings. The van der Waals surface area contributed by atoms with Crippen LogP contribution in [-0.2, 0) is 22.5 Å². The maximum absolute atomic E-state index is 11.9. The number of hydrogen-bond acceptors (Lipinski definition) is 3. The maximum Gasteiger partial charge on any atom is 0.408 e. The number of hydrogen-bond donors (Lipinski definition) is 2. The summed E-state index contributed by atoms with van der Waals surface area (Å²) in [4.78, 5) is 23.5. The first-order valence-electron chi connectivity index (χ1n) is 7.94. The van der Waals surface area contributed by atoms with E-state index in [2.05, 4.69) is 11.2 Å². The van der Waals surface area contributed by atoms with E-state index in [0.717, 1.165) is 16.5 Å². The van der Waals surface area contributed by atoms with Crippen molar-refractivity contribution in [3.05, 3.63) is 36.0 Å². The minimum absolute atomic E-state index is 0.132. The SMILES string of the molecule is C#CCn1cc(C[C@@H](NC(=O)OC(C)(C)C)C(=O)O)c2ccccc21. The van der Waals surface area contributed by atoms with Crippen LogP contribution in [0.4, 0.5) is 4.79 Å². The van der Waals surface area contributed by atoms with Crippen LogP contribution < -0.4 is 5.32 Å². The van der Waals surface area contributed by atoms with Crippen LogP contribution in [0.2, 0.25) is 0 Å². The molecule has 1 aromatic heterocycles. The van der Waals surface area contributed by atoms with Gasteiger partial charge in [0.25, 0.3) is 0 Å². The Morgan fingerprint density at radius 1 is 1.36 bits per heavy atom. The van der Waals surface area contributed by atoms with Gasteiger partial charge in [-0.15, -0.1) is 6.42 Å². The molecule has 0 spiro atoms. The van der Waals surface area contributed by atoms with E-state index in [1.54, 1.807) is 20.8 Å². The molecule has 0 fully saturated rings. The van der Waals surface area contributed by atoms with E-state index in [1.807, 2.05) is 35.0 Å². The van der Waals surface area contributed by atoms with Gasteiger partial charge in [0.05, 0.1) is 6.54 Å². The quantitative estimate of drug-likeness (QED) is 0.819. The fraction of sp³-hybridized carbons (Fsp3) is 0.368. The molecule has 132 valence electrons. The number of carbonyl (C=O) groups is 2. The summed E-state index contributed by atoms with van der Waals surface area (Å²) in [7, 11) is 0.